The Morgan fingerprint density at radius 1 is 1.10 bits per heavy atom. The molecule has 1 fully saturated rings. The molecule has 0 spiro atoms. The number of rotatable bonds is 7. The molecule has 1 amide bonds. The van der Waals surface area contributed by atoms with Gasteiger partial charge in [-0.2, -0.15) is 0 Å². The van der Waals surface area contributed by atoms with E-state index in [1.54, 1.807) is 50.0 Å². The molecule has 1 aliphatic heterocycles. The highest BCUT2D eigenvalue weighted by Gasteiger charge is 2.45. The molecule has 1 aliphatic rings. The van der Waals surface area contributed by atoms with Gasteiger partial charge in [-0.1, -0.05) is 12.1 Å². The van der Waals surface area contributed by atoms with Crippen molar-refractivity contribution in [2.45, 2.75) is 19.0 Å². The monoisotopic (exact) mass is 418 g/mol. The van der Waals surface area contributed by atoms with Crippen LogP contribution in [0.25, 0.3) is 5.76 Å². The summed E-state index contributed by atoms with van der Waals surface area (Å²) in [6.45, 7) is 0.996. The summed E-state index contributed by atoms with van der Waals surface area (Å²) >= 11 is 0. The lowest BCUT2D eigenvalue weighted by molar-refractivity contribution is -0.139. The second-order valence-electron chi connectivity index (χ2n) is 7.16. The number of nitrogens with zero attached hydrogens (tertiary/aromatic N) is 4. The average molecular weight is 418 g/mol. The van der Waals surface area contributed by atoms with Gasteiger partial charge in [0.2, 0.25) is 0 Å². The van der Waals surface area contributed by atoms with Gasteiger partial charge in [-0.15, -0.1) is 0 Å². The van der Waals surface area contributed by atoms with Gasteiger partial charge in [-0.05, 0) is 36.2 Å². The molecular weight excluding hydrogens is 396 g/mol. The number of likely N-dealkylation sites (tertiary alicyclic amines) is 1. The lowest BCUT2D eigenvalue weighted by Gasteiger charge is -2.25. The molecule has 0 bridgehead atoms. The molecule has 1 N–H and O–H groups in total. The van der Waals surface area contributed by atoms with Gasteiger partial charge in [0.1, 0.15) is 11.5 Å². The van der Waals surface area contributed by atoms with Crippen molar-refractivity contribution in [3.63, 3.8) is 0 Å². The molecule has 8 nitrogen and oxygen atoms in total. The van der Waals surface area contributed by atoms with Crippen LogP contribution in [0.2, 0.25) is 0 Å². The van der Waals surface area contributed by atoms with E-state index in [1.807, 2.05) is 16.8 Å². The number of aromatic nitrogens is 3. The van der Waals surface area contributed by atoms with Crippen molar-refractivity contribution in [1.29, 1.82) is 0 Å². The maximum Gasteiger partial charge on any atom is 0.295 e. The van der Waals surface area contributed by atoms with E-state index in [9.17, 15) is 14.7 Å². The molecular formula is C23H22N4O4. The zero-order chi connectivity index (χ0) is 21.8. The molecule has 0 radical (unpaired) electrons. The fourth-order valence-corrected chi connectivity index (χ4v) is 3.78. The maximum atomic E-state index is 13.0. The summed E-state index contributed by atoms with van der Waals surface area (Å²) in [6.07, 6.45) is 8.91. The topological polar surface area (TPSA) is 97.5 Å². The number of pyridine rings is 1. The summed E-state index contributed by atoms with van der Waals surface area (Å²) in [6, 6.07) is 9.67. The predicted octanol–water partition coefficient (Wildman–Crippen LogP) is 2.80. The number of carbonyl (C=O) groups excluding carboxylic acids is 2. The largest absolute Gasteiger partial charge is 0.507 e. The first-order chi connectivity index (χ1) is 15.1. The van der Waals surface area contributed by atoms with Crippen molar-refractivity contribution < 1.29 is 19.4 Å². The minimum absolute atomic E-state index is 0.0621. The molecule has 0 saturated carbocycles. The quantitative estimate of drug-likeness (QED) is 0.360. The standard InChI is InChI=1S/C23H22N4O4/c1-31-18-5-2-4-17(14-18)20-19(21(28)16-6-8-24-9-7-16)22(29)23(30)27(20)12-3-11-26-13-10-25-15-26/h2,4-10,13-15,20,28H,3,11-12H2,1H3/b21-19+. The summed E-state index contributed by atoms with van der Waals surface area (Å²) in [5.74, 6) is -0.949. The van der Waals surface area contributed by atoms with E-state index in [0.717, 1.165) is 0 Å². The van der Waals surface area contributed by atoms with E-state index in [0.29, 0.717) is 36.4 Å². The zero-order valence-corrected chi connectivity index (χ0v) is 17.0. The lowest BCUT2D eigenvalue weighted by Crippen LogP contribution is -2.31. The number of carbonyl (C=O) groups is 2. The molecule has 31 heavy (non-hydrogen) atoms. The molecule has 158 valence electrons. The third-order valence-electron chi connectivity index (χ3n) is 5.28. The van der Waals surface area contributed by atoms with Crippen LogP contribution in [0.4, 0.5) is 0 Å². The van der Waals surface area contributed by atoms with Crippen LogP contribution < -0.4 is 4.74 Å². The van der Waals surface area contributed by atoms with Crippen LogP contribution in [0, 0.1) is 0 Å². The Kier molecular flexibility index (Phi) is 5.79. The number of benzene rings is 1. The number of hydrogen-bond donors (Lipinski definition) is 1. The summed E-state index contributed by atoms with van der Waals surface area (Å²) in [5, 5.41) is 11.0. The first-order valence-corrected chi connectivity index (χ1v) is 9.88. The fourth-order valence-electron chi connectivity index (χ4n) is 3.78. The van der Waals surface area contributed by atoms with Crippen LogP contribution in [0.1, 0.15) is 23.6 Å². The van der Waals surface area contributed by atoms with Gasteiger partial charge in [-0.3, -0.25) is 14.6 Å². The number of imidazole rings is 1. The predicted molar refractivity (Wildman–Crippen MR) is 113 cm³/mol. The average Bonchev–Trinajstić information content (AvgIpc) is 3.41. The molecule has 1 atom stereocenters. The molecule has 1 unspecified atom stereocenters. The van der Waals surface area contributed by atoms with E-state index in [2.05, 4.69) is 9.97 Å². The molecule has 2 aromatic heterocycles. The summed E-state index contributed by atoms with van der Waals surface area (Å²) in [4.78, 5) is 35.4. The maximum absolute atomic E-state index is 13.0. The number of aliphatic hydroxyl groups is 1. The van der Waals surface area contributed by atoms with Gasteiger partial charge >= 0.3 is 0 Å². The van der Waals surface area contributed by atoms with Crippen LogP contribution in [0.3, 0.4) is 0 Å². The number of aliphatic hydroxyl groups excluding tert-OH is 1. The number of hydrogen-bond acceptors (Lipinski definition) is 6. The highest BCUT2D eigenvalue weighted by molar-refractivity contribution is 6.46. The number of ether oxygens (including phenoxy) is 1. The van der Waals surface area contributed by atoms with Gasteiger partial charge < -0.3 is 19.3 Å². The van der Waals surface area contributed by atoms with Crippen molar-refractivity contribution in [3.8, 4) is 5.75 Å². The van der Waals surface area contributed by atoms with Crippen LogP contribution in [-0.2, 0) is 16.1 Å². The highest BCUT2D eigenvalue weighted by Crippen LogP contribution is 2.40. The first kappa shape index (κ1) is 20.3. The summed E-state index contributed by atoms with van der Waals surface area (Å²) in [5.41, 5.74) is 1.18. The zero-order valence-electron chi connectivity index (χ0n) is 17.0. The third-order valence-corrected chi connectivity index (χ3v) is 5.28. The van der Waals surface area contributed by atoms with Gasteiger partial charge in [0.15, 0.2) is 0 Å². The molecule has 3 aromatic rings. The highest BCUT2D eigenvalue weighted by atomic mass is 16.5. The Hall–Kier alpha value is -3.94. The summed E-state index contributed by atoms with van der Waals surface area (Å²) < 4.78 is 7.24. The summed E-state index contributed by atoms with van der Waals surface area (Å²) in [7, 11) is 1.55. The van der Waals surface area contributed by atoms with Crippen molar-refractivity contribution in [1.82, 2.24) is 19.4 Å². The Balaban J connectivity index is 1.74. The van der Waals surface area contributed by atoms with E-state index in [-0.39, 0.29) is 11.3 Å². The molecule has 8 heteroatoms. The molecule has 0 aliphatic carbocycles. The third kappa shape index (κ3) is 4.05. The van der Waals surface area contributed by atoms with Crippen molar-refractivity contribution in [2.75, 3.05) is 13.7 Å². The Morgan fingerprint density at radius 2 is 1.90 bits per heavy atom. The Labute approximate surface area is 179 Å². The van der Waals surface area contributed by atoms with Crippen LogP contribution in [0.5, 0.6) is 5.75 Å². The Bertz CT molecular complexity index is 1110. The first-order valence-electron chi connectivity index (χ1n) is 9.88. The Morgan fingerprint density at radius 3 is 2.61 bits per heavy atom. The normalized spacial score (nSPS) is 17.8. The van der Waals surface area contributed by atoms with E-state index in [4.69, 9.17) is 4.74 Å². The number of Topliss-reactive ketones (excluding diaryl/α,β-unsaturated/α-hetero) is 1. The number of methoxy groups -OCH3 is 1. The van der Waals surface area contributed by atoms with E-state index >= 15 is 0 Å². The van der Waals surface area contributed by atoms with Crippen LogP contribution in [-0.4, -0.2) is 49.9 Å². The van der Waals surface area contributed by atoms with Gasteiger partial charge in [0, 0.05) is 43.4 Å². The van der Waals surface area contributed by atoms with Gasteiger partial charge in [0.25, 0.3) is 11.7 Å². The second kappa shape index (κ2) is 8.83. The second-order valence-corrected chi connectivity index (χ2v) is 7.16. The minimum atomic E-state index is -0.717. The SMILES string of the molecule is COc1cccc(C2/C(=C(\O)c3ccncc3)C(=O)C(=O)N2CCCn2ccnc2)c1. The van der Waals surface area contributed by atoms with E-state index < -0.39 is 17.7 Å². The smallest absolute Gasteiger partial charge is 0.295 e. The van der Waals surface area contributed by atoms with Gasteiger partial charge in [0.05, 0.1) is 25.1 Å². The number of amides is 1. The van der Waals surface area contributed by atoms with Gasteiger partial charge in [-0.25, -0.2) is 4.98 Å². The van der Waals surface area contributed by atoms with Crippen LogP contribution in [0.15, 0.2) is 73.1 Å². The number of ketones is 1. The molecule has 1 aromatic carbocycles. The van der Waals surface area contributed by atoms with Crippen molar-refractivity contribution >= 4 is 17.4 Å². The number of aryl methyl sites for hydroxylation is 1. The van der Waals surface area contributed by atoms with Crippen molar-refractivity contribution in [2.24, 2.45) is 0 Å². The molecule has 3 heterocycles. The lowest BCUT2D eigenvalue weighted by atomic mass is 9.95. The fraction of sp³-hybridized carbons (Fsp3) is 0.217. The van der Waals surface area contributed by atoms with E-state index in [1.165, 1.54) is 17.3 Å². The van der Waals surface area contributed by atoms with Crippen molar-refractivity contribution in [3.05, 3.63) is 84.2 Å². The van der Waals surface area contributed by atoms with Crippen LogP contribution >= 0.6 is 0 Å². The molecule has 1 saturated heterocycles. The molecule has 4 rings (SSSR count). The minimum Gasteiger partial charge on any atom is -0.507 e.